The van der Waals surface area contributed by atoms with Gasteiger partial charge in [0.15, 0.2) is 0 Å². The van der Waals surface area contributed by atoms with Crippen molar-refractivity contribution < 1.29 is 27.9 Å². The average molecular weight is 541 g/mol. The van der Waals surface area contributed by atoms with E-state index in [-0.39, 0.29) is 23.0 Å². The maximum atomic E-state index is 13.7. The van der Waals surface area contributed by atoms with E-state index in [1.807, 2.05) is 0 Å². The van der Waals surface area contributed by atoms with Crippen molar-refractivity contribution >= 4 is 34.3 Å². The van der Waals surface area contributed by atoms with Crippen molar-refractivity contribution in [3.05, 3.63) is 36.0 Å². The van der Waals surface area contributed by atoms with Gasteiger partial charge in [-0.1, -0.05) is 0 Å². The SMILES string of the molecule is N#C[C@@H]1CC(F)(F)CN1C(=O)CNC(=O)c1ccnc2ccc(NC(=O)C3CCC4(CC3)CNCCO4)cc12. The highest BCUT2D eigenvalue weighted by Crippen LogP contribution is 2.36. The van der Waals surface area contributed by atoms with Crippen LogP contribution in [-0.4, -0.2) is 78.0 Å². The molecule has 2 aromatic rings. The molecule has 1 aliphatic carbocycles. The van der Waals surface area contributed by atoms with Crippen LogP contribution in [0.4, 0.5) is 14.5 Å². The molecule has 10 nitrogen and oxygen atoms in total. The molecule has 1 aromatic heterocycles. The smallest absolute Gasteiger partial charge is 0.268 e. The Balaban J connectivity index is 1.23. The van der Waals surface area contributed by atoms with Gasteiger partial charge in [-0.05, 0) is 49.9 Å². The summed E-state index contributed by atoms with van der Waals surface area (Å²) < 4.78 is 33.4. The highest BCUT2D eigenvalue weighted by molar-refractivity contribution is 6.08. The first-order valence-corrected chi connectivity index (χ1v) is 13.1. The maximum absolute atomic E-state index is 13.7. The largest absolute Gasteiger partial charge is 0.372 e. The van der Waals surface area contributed by atoms with E-state index in [9.17, 15) is 23.2 Å². The number of nitriles is 1. The van der Waals surface area contributed by atoms with Crippen molar-refractivity contribution in [2.75, 3.05) is 38.1 Å². The van der Waals surface area contributed by atoms with Gasteiger partial charge < -0.3 is 25.6 Å². The zero-order valence-corrected chi connectivity index (χ0v) is 21.3. The van der Waals surface area contributed by atoms with Crippen LogP contribution in [0.15, 0.2) is 30.5 Å². The minimum absolute atomic E-state index is 0.0945. The van der Waals surface area contributed by atoms with Gasteiger partial charge >= 0.3 is 0 Å². The second-order valence-corrected chi connectivity index (χ2v) is 10.5. The molecular weight excluding hydrogens is 510 g/mol. The van der Waals surface area contributed by atoms with Crippen LogP contribution in [0.3, 0.4) is 0 Å². The van der Waals surface area contributed by atoms with Crippen molar-refractivity contribution in [2.45, 2.75) is 49.7 Å². The molecule has 0 bridgehead atoms. The third-order valence-electron chi connectivity index (χ3n) is 7.80. The summed E-state index contributed by atoms with van der Waals surface area (Å²) in [4.78, 5) is 43.5. The number of anilines is 1. The highest BCUT2D eigenvalue weighted by Gasteiger charge is 2.47. The fourth-order valence-electron chi connectivity index (χ4n) is 5.65. The molecule has 2 aliphatic heterocycles. The van der Waals surface area contributed by atoms with E-state index in [0.29, 0.717) is 23.2 Å². The first-order chi connectivity index (χ1) is 18.7. The molecule has 1 atom stereocenters. The number of rotatable bonds is 5. The Morgan fingerprint density at radius 1 is 1.23 bits per heavy atom. The number of hydrogen-bond donors (Lipinski definition) is 3. The minimum atomic E-state index is -3.14. The lowest BCUT2D eigenvalue weighted by atomic mass is 9.77. The zero-order valence-electron chi connectivity index (χ0n) is 21.3. The van der Waals surface area contributed by atoms with E-state index < -0.39 is 43.3 Å². The number of nitrogens with zero attached hydrogens (tertiary/aromatic N) is 3. The van der Waals surface area contributed by atoms with Gasteiger partial charge in [-0.3, -0.25) is 19.4 Å². The molecule has 0 radical (unpaired) electrons. The molecule has 3 amide bonds. The number of morpholine rings is 1. The van der Waals surface area contributed by atoms with Crippen LogP contribution in [0, 0.1) is 17.2 Å². The van der Waals surface area contributed by atoms with Gasteiger partial charge in [0, 0.05) is 42.7 Å². The van der Waals surface area contributed by atoms with Crippen molar-refractivity contribution in [3.63, 3.8) is 0 Å². The Morgan fingerprint density at radius 2 is 2.03 bits per heavy atom. The molecule has 39 heavy (non-hydrogen) atoms. The summed E-state index contributed by atoms with van der Waals surface area (Å²) >= 11 is 0. The number of nitrogens with one attached hydrogen (secondary N) is 3. The lowest BCUT2D eigenvalue weighted by Crippen LogP contribution is -2.52. The van der Waals surface area contributed by atoms with Crippen LogP contribution in [-0.2, 0) is 14.3 Å². The van der Waals surface area contributed by atoms with Gasteiger partial charge in [0.05, 0.1) is 42.4 Å². The van der Waals surface area contributed by atoms with E-state index in [1.54, 1.807) is 24.3 Å². The third-order valence-corrected chi connectivity index (χ3v) is 7.80. The van der Waals surface area contributed by atoms with Crippen LogP contribution in [0.1, 0.15) is 42.5 Å². The van der Waals surface area contributed by atoms with Gasteiger partial charge in [-0.25, -0.2) is 8.78 Å². The second kappa shape index (κ2) is 10.8. The predicted octanol–water partition coefficient (Wildman–Crippen LogP) is 2.21. The number of fused-ring (bicyclic) bond motifs is 1. The first kappa shape index (κ1) is 26.9. The molecule has 2 saturated heterocycles. The van der Waals surface area contributed by atoms with E-state index in [0.717, 1.165) is 43.7 Å². The van der Waals surface area contributed by atoms with Gasteiger partial charge in [0.2, 0.25) is 11.8 Å². The summed E-state index contributed by atoms with van der Waals surface area (Å²) in [7, 11) is 0. The summed E-state index contributed by atoms with van der Waals surface area (Å²) in [6, 6.07) is 7.02. The molecule has 5 rings (SSSR count). The topological polar surface area (TPSA) is 136 Å². The molecule has 0 unspecified atom stereocenters. The number of carbonyl (C=O) groups excluding carboxylic acids is 3. The molecule has 12 heteroatoms. The summed E-state index contributed by atoms with van der Waals surface area (Å²) in [5.41, 5.74) is 1.06. The van der Waals surface area contributed by atoms with Gasteiger partial charge in [-0.2, -0.15) is 5.26 Å². The molecule has 1 aromatic carbocycles. The number of alkyl halides is 2. The van der Waals surface area contributed by atoms with Gasteiger partial charge in [0.1, 0.15) is 6.04 Å². The maximum Gasteiger partial charge on any atom is 0.268 e. The highest BCUT2D eigenvalue weighted by atomic mass is 19.3. The number of pyridine rings is 1. The Hall–Kier alpha value is -3.69. The van der Waals surface area contributed by atoms with Crippen molar-refractivity contribution in [1.82, 2.24) is 20.5 Å². The van der Waals surface area contributed by atoms with Crippen LogP contribution >= 0.6 is 0 Å². The Labute approximate surface area is 224 Å². The fraction of sp³-hybridized carbons (Fsp3) is 0.519. The van der Waals surface area contributed by atoms with Crippen LogP contribution in [0.2, 0.25) is 0 Å². The van der Waals surface area contributed by atoms with Crippen molar-refractivity contribution in [1.29, 1.82) is 5.26 Å². The van der Waals surface area contributed by atoms with E-state index in [2.05, 4.69) is 20.9 Å². The Bertz CT molecular complexity index is 1310. The lowest BCUT2D eigenvalue weighted by molar-refractivity contribution is -0.131. The van der Waals surface area contributed by atoms with Crippen LogP contribution < -0.4 is 16.0 Å². The van der Waals surface area contributed by atoms with Crippen LogP contribution in [0.5, 0.6) is 0 Å². The van der Waals surface area contributed by atoms with Crippen molar-refractivity contribution in [2.24, 2.45) is 5.92 Å². The zero-order chi connectivity index (χ0) is 27.6. The molecule has 3 N–H and O–H groups in total. The number of carbonyl (C=O) groups is 3. The number of aromatic nitrogens is 1. The average Bonchev–Trinajstić information content (AvgIpc) is 3.26. The summed E-state index contributed by atoms with van der Waals surface area (Å²) in [5.74, 6) is -4.74. The number of ether oxygens (including phenoxy) is 1. The Kier molecular flexibility index (Phi) is 7.46. The summed E-state index contributed by atoms with van der Waals surface area (Å²) in [6.07, 6.45) is 3.79. The standard InChI is InChI=1S/C27H30F2N6O4/c28-27(29)12-19(13-30)35(16-27)23(36)14-33-25(38)20-5-8-32-22-2-1-18(11-21(20)22)34-24(37)17-3-6-26(7-4-17)15-31-9-10-39-26/h1-2,5,8,11,17,19,31H,3-4,6-7,9-10,12,14-16H2,(H,33,38)(H,34,37)/t17?,19-,26?/m0/s1. The second-order valence-electron chi connectivity index (χ2n) is 10.5. The monoisotopic (exact) mass is 540 g/mol. The number of likely N-dealkylation sites (tertiary alicyclic amines) is 1. The Morgan fingerprint density at radius 3 is 2.74 bits per heavy atom. The first-order valence-electron chi connectivity index (χ1n) is 13.1. The summed E-state index contributed by atoms with van der Waals surface area (Å²) in [6.45, 7) is 0.945. The molecule has 1 spiro atoms. The van der Waals surface area contributed by atoms with Gasteiger partial charge in [0.25, 0.3) is 11.8 Å². The van der Waals surface area contributed by atoms with E-state index in [4.69, 9.17) is 10.00 Å². The van der Waals surface area contributed by atoms with Crippen molar-refractivity contribution in [3.8, 4) is 6.07 Å². The molecule has 3 heterocycles. The van der Waals surface area contributed by atoms with Gasteiger partial charge in [-0.15, -0.1) is 0 Å². The lowest BCUT2D eigenvalue weighted by Gasteiger charge is -2.42. The normalized spacial score (nSPS) is 26.2. The van der Waals surface area contributed by atoms with E-state index in [1.165, 1.54) is 12.3 Å². The quantitative estimate of drug-likeness (QED) is 0.529. The number of benzene rings is 1. The third kappa shape index (κ3) is 5.84. The molecule has 1 saturated carbocycles. The molecule has 206 valence electrons. The minimum Gasteiger partial charge on any atom is -0.372 e. The summed E-state index contributed by atoms with van der Waals surface area (Å²) in [5, 5.41) is 18.4. The van der Waals surface area contributed by atoms with Crippen LogP contribution in [0.25, 0.3) is 10.9 Å². The number of halogens is 2. The van der Waals surface area contributed by atoms with E-state index >= 15 is 0 Å². The predicted molar refractivity (Wildman–Crippen MR) is 137 cm³/mol. The fourth-order valence-corrected chi connectivity index (χ4v) is 5.65. The number of hydrogen-bond acceptors (Lipinski definition) is 7. The molecule has 3 aliphatic rings. The molecule has 3 fully saturated rings. The number of amides is 3. The molecular formula is C27H30F2N6O4.